The summed E-state index contributed by atoms with van der Waals surface area (Å²) in [6.45, 7) is 12.8. The monoisotopic (exact) mass is 390 g/mol. The van der Waals surface area contributed by atoms with Crippen molar-refractivity contribution in [2.75, 3.05) is 12.3 Å². The molecule has 0 amide bonds. The summed E-state index contributed by atoms with van der Waals surface area (Å²) in [5, 5.41) is 0. The van der Waals surface area contributed by atoms with Gasteiger partial charge in [-0.15, -0.1) is 0 Å². The maximum atomic E-state index is 11.9. The van der Waals surface area contributed by atoms with Crippen LogP contribution in [0.1, 0.15) is 67.6 Å². The molecule has 2 aromatic rings. The van der Waals surface area contributed by atoms with E-state index in [1.807, 2.05) is 0 Å². The van der Waals surface area contributed by atoms with Gasteiger partial charge in [0.15, 0.2) is 0 Å². The van der Waals surface area contributed by atoms with Crippen molar-refractivity contribution < 1.29 is 9.53 Å². The van der Waals surface area contributed by atoms with Crippen LogP contribution in [0, 0.1) is 0 Å². The van der Waals surface area contributed by atoms with Crippen LogP contribution in [0.2, 0.25) is 0 Å². The molecule has 0 saturated carbocycles. The molecule has 1 aliphatic rings. The smallest absolute Gasteiger partial charge is 0.338 e. The van der Waals surface area contributed by atoms with E-state index in [1.165, 1.54) is 11.1 Å². The second kappa shape index (κ2) is 7.86. The predicted octanol–water partition coefficient (Wildman–Crippen LogP) is 5.71. The third-order valence-electron chi connectivity index (χ3n) is 5.85. The van der Waals surface area contributed by atoms with Gasteiger partial charge in [0.2, 0.25) is 0 Å². The largest absolute Gasteiger partial charge is 0.458 e. The van der Waals surface area contributed by atoms with Gasteiger partial charge in [0, 0.05) is 17.5 Å². The zero-order chi connectivity index (χ0) is 21.2. The van der Waals surface area contributed by atoms with Gasteiger partial charge in [0.1, 0.15) is 6.61 Å². The summed E-state index contributed by atoms with van der Waals surface area (Å²) in [4.78, 5) is 16.4. The Balaban J connectivity index is 1.87. The number of nitrogen functional groups attached to an aromatic ring is 1. The standard InChI is InChI=1S/C25H30N2O2/c1-6-15-29-23(28)17-7-10-19(11-8-17)27-16-18-9-12-20-21(22(18)26)25(4,5)14-13-24(20,2)3/h6-12,16H,1,13-15,26H2,2-5H3. The van der Waals surface area contributed by atoms with Gasteiger partial charge in [0.05, 0.1) is 11.3 Å². The molecule has 4 heteroatoms. The fourth-order valence-corrected chi connectivity index (χ4v) is 3.97. The Kier molecular flexibility index (Phi) is 5.65. The number of carbonyl (C=O) groups is 1. The van der Waals surface area contributed by atoms with Crippen molar-refractivity contribution in [2.24, 2.45) is 4.99 Å². The highest BCUT2D eigenvalue weighted by Crippen LogP contribution is 2.48. The van der Waals surface area contributed by atoms with Crippen LogP contribution in [0.3, 0.4) is 0 Å². The van der Waals surface area contributed by atoms with Gasteiger partial charge in [-0.2, -0.15) is 0 Å². The van der Waals surface area contributed by atoms with Crippen molar-refractivity contribution in [3.8, 4) is 0 Å². The summed E-state index contributed by atoms with van der Waals surface area (Å²) in [5.74, 6) is -0.371. The maximum Gasteiger partial charge on any atom is 0.338 e. The molecule has 0 fully saturated rings. The van der Waals surface area contributed by atoms with E-state index in [4.69, 9.17) is 10.5 Å². The zero-order valence-electron chi connectivity index (χ0n) is 17.8. The topological polar surface area (TPSA) is 64.7 Å². The Morgan fingerprint density at radius 1 is 1.10 bits per heavy atom. The van der Waals surface area contributed by atoms with Crippen molar-refractivity contribution in [1.82, 2.24) is 0 Å². The van der Waals surface area contributed by atoms with E-state index in [2.05, 4.69) is 51.4 Å². The lowest BCUT2D eigenvalue weighted by atomic mass is 9.62. The third kappa shape index (κ3) is 4.26. The zero-order valence-corrected chi connectivity index (χ0v) is 17.8. The number of anilines is 1. The normalized spacial score (nSPS) is 17.0. The van der Waals surface area contributed by atoms with E-state index in [-0.39, 0.29) is 23.4 Å². The van der Waals surface area contributed by atoms with Crippen LogP contribution in [0.4, 0.5) is 11.4 Å². The summed E-state index contributed by atoms with van der Waals surface area (Å²) < 4.78 is 5.04. The number of benzene rings is 2. The Bertz CT molecular complexity index is 954. The number of rotatable bonds is 5. The number of nitrogens with two attached hydrogens (primary N) is 1. The number of hydrogen-bond acceptors (Lipinski definition) is 4. The lowest BCUT2D eigenvalue weighted by Gasteiger charge is -2.42. The Morgan fingerprint density at radius 2 is 1.76 bits per heavy atom. The average Bonchev–Trinajstić information content (AvgIpc) is 2.69. The summed E-state index contributed by atoms with van der Waals surface area (Å²) in [6, 6.07) is 11.3. The minimum atomic E-state index is -0.371. The predicted molar refractivity (Wildman–Crippen MR) is 120 cm³/mol. The van der Waals surface area contributed by atoms with E-state index in [9.17, 15) is 4.79 Å². The lowest BCUT2D eigenvalue weighted by Crippen LogP contribution is -2.35. The van der Waals surface area contributed by atoms with Crippen LogP contribution in [-0.2, 0) is 15.6 Å². The molecule has 3 rings (SSSR count). The lowest BCUT2D eigenvalue weighted by molar-refractivity contribution is 0.0550. The Morgan fingerprint density at radius 3 is 2.41 bits per heavy atom. The van der Waals surface area contributed by atoms with Crippen molar-refractivity contribution >= 4 is 23.6 Å². The highest BCUT2D eigenvalue weighted by molar-refractivity contribution is 5.92. The summed E-state index contributed by atoms with van der Waals surface area (Å²) in [6.07, 6.45) is 5.61. The van der Waals surface area contributed by atoms with E-state index >= 15 is 0 Å². The van der Waals surface area contributed by atoms with Crippen molar-refractivity contribution in [2.45, 2.75) is 51.4 Å². The molecule has 0 aromatic heterocycles. The molecule has 2 aromatic carbocycles. The summed E-state index contributed by atoms with van der Waals surface area (Å²) in [7, 11) is 0. The van der Waals surface area contributed by atoms with Crippen LogP contribution in [0.15, 0.2) is 54.0 Å². The first-order chi connectivity index (χ1) is 13.7. The first kappa shape index (κ1) is 20.8. The van der Waals surface area contributed by atoms with E-state index in [1.54, 1.807) is 36.6 Å². The molecule has 0 heterocycles. The van der Waals surface area contributed by atoms with Crippen molar-refractivity contribution in [1.29, 1.82) is 0 Å². The molecule has 0 saturated heterocycles. The fraction of sp³-hybridized carbons (Fsp3) is 0.360. The first-order valence-electron chi connectivity index (χ1n) is 10.0. The summed E-state index contributed by atoms with van der Waals surface area (Å²) >= 11 is 0. The molecule has 0 bridgehead atoms. The number of carbonyl (C=O) groups excluding carboxylic acids is 1. The maximum absolute atomic E-state index is 11.9. The number of fused-ring (bicyclic) bond motifs is 1. The molecule has 0 spiro atoms. The van der Waals surface area contributed by atoms with E-state index < -0.39 is 0 Å². The molecule has 4 nitrogen and oxygen atoms in total. The molecular weight excluding hydrogens is 360 g/mol. The van der Waals surface area contributed by atoms with Crippen LogP contribution in [-0.4, -0.2) is 18.8 Å². The molecule has 0 radical (unpaired) electrons. The minimum Gasteiger partial charge on any atom is -0.458 e. The highest BCUT2D eigenvalue weighted by Gasteiger charge is 2.38. The van der Waals surface area contributed by atoms with E-state index in [0.29, 0.717) is 5.56 Å². The molecule has 2 N–H and O–H groups in total. The molecule has 0 aliphatic heterocycles. The van der Waals surface area contributed by atoms with Crippen LogP contribution in [0.25, 0.3) is 0 Å². The van der Waals surface area contributed by atoms with Crippen molar-refractivity contribution in [3.05, 3.63) is 71.3 Å². The summed E-state index contributed by atoms with van der Waals surface area (Å²) in [5.41, 5.74) is 12.4. The molecule has 0 unspecified atom stereocenters. The van der Waals surface area contributed by atoms with Crippen LogP contribution in [0.5, 0.6) is 0 Å². The fourth-order valence-electron chi connectivity index (χ4n) is 3.97. The van der Waals surface area contributed by atoms with Gasteiger partial charge in [-0.25, -0.2) is 4.79 Å². The Labute approximate surface area is 173 Å². The Hall–Kier alpha value is -2.88. The number of hydrogen-bond donors (Lipinski definition) is 1. The SMILES string of the molecule is C=CCOC(=O)c1ccc(N=Cc2ccc3c(c2N)C(C)(C)CCC3(C)C)cc1. The number of nitrogens with zero attached hydrogens (tertiary/aromatic N) is 1. The molecule has 1 aliphatic carbocycles. The van der Waals surface area contributed by atoms with Gasteiger partial charge >= 0.3 is 5.97 Å². The van der Waals surface area contributed by atoms with Gasteiger partial charge in [-0.3, -0.25) is 4.99 Å². The number of esters is 1. The van der Waals surface area contributed by atoms with Crippen LogP contribution < -0.4 is 5.73 Å². The first-order valence-corrected chi connectivity index (χ1v) is 10.0. The molecule has 29 heavy (non-hydrogen) atoms. The van der Waals surface area contributed by atoms with Crippen molar-refractivity contribution in [3.63, 3.8) is 0 Å². The average molecular weight is 391 g/mol. The molecular formula is C25H30N2O2. The number of aliphatic imine (C=N–C) groups is 1. The molecule has 152 valence electrons. The van der Waals surface area contributed by atoms with Gasteiger partial charge in [-0.1, -0.05) is 52.5 Å². The minimum absolute atomic E-state index is 0.0479. The highest BCUT2D eigenvalue weighted by atomic mass is 16.5. The number of ether oxygens (including phenoxy) is 1. The van der Waals surface area contributed by atoms with Crippen LogP contribution >= 0.6 is 0 Å². The van der Waals surface area contributed by atoms with Gasteiger partial charge < -0.3 is 10.5 Å². The van der Waals surface area contributed by atoms with E-state index in [0.717, 1.165) is 29.8 Å². The quantitative estimate of drug-likeness (QED) is 0.308. The van der Waals surface area contributed by atoms with Gasteiger partial charge in [0.25, 0.3) is 0 Å². The second-order valence-corrected chi connectivity index (χ2v) is 8.95. The molecule has 0 atom stereocenters. The third-order valence-corrected chi connectivity index (χ3v) is 5.85. The van der Waals surface area contributed by atoms with Gasteiger partial charge in [-0.05, 0) is 59.1 Å². The second-order valence-electron chi connectivity index (χ2n) is 8.95.